The standard InChI is InChI=1S/C14H15BrN4O2S/c1-8(13-9(2)19-22-14(13)16)17-18-12(20)7-21-11-5-3-4-10(15)6-11/h3-6H,7,16H2,1-2H3,(H,18,20)/b17-8-. The number of hydrazone groups is 1. The van der Waals surface area contributed by atoms with Crippen LogP contribution in [-0.2, 0) is 4.79 Å². The smallest absolute Gasteiger partial charge is 0.277 e. The molecule has 0 saturated heterocycles. The van der Waals surface area contributed by atoms with Gasteiger partial charge in [0, 0.05) is 4.47 Å². The van der Waals surface area contributed by atoms with Crippen LogP contribution in [0.25, 0.3) is 0 Å². The van der Waals surface area contributed by atoms with Gasteiger partial charge in [-0.05, 0) is 43.6 Å². The van der Waals surface area contributed by atoms with Crippen molar-refractivity contribution in [2.45, 2.75) is 13.8 Å². The number of rotatable bonds is 5. The molecule has 2 aromatic rings. The number of anilines is 1. The number of hydrogen-bond acceptors (Lipinski definition) is 6. The predicted molar refractivity (Wildman–Crippen MR) is 91.3 cm³/mol. The van der Waals surface area contributed by atoms with E-state index in [9.17, 15) is 4.79 Å². The van der Waals surface area contributed by atoms with Gasteiger partial charge >= 0.3 is 0 Å². The lowest BCUT2D eigenvalue weighted by atomic mass is 10.2. The number of halogens is 1. The third-order valence-electron chi connectivity index (χ3n) is 2.77. The molecule has 116 valence electrons. The van der Waals surface area contributed by atoms with Crippen molar-refractivity contribution in [2.75, 3.05) is 12.3 Å². The highest BCUT2D eigenvalue weighted by atomic mass is 79.9. The molecule has 0 fully saturated rings. The van der Waals surface area contributed by atoms with Gasteiger partial charge in [-0.25, -0.2) is 5.43 Å². The van der Waals surface area contributed by atoms with Crippen LogP contribution in [0.3, 0.4) is 0 Å². The molecular weight excluding hydrogens is 368 g/mol. The zero-order valence-electron chi connectivity index (χ0n) is 12.1. The monoisotopic (exact) mass is 382 g/mol. The van der Waals surface area contributed by atoms with Gasteiger partial charge in [-0.1, -0.05) is 22.0 Å². The summed E-state index contributed by atoms with van der Waals surface area (Å²) in [7, 11) is 0. The number of carbonyl (C=O) groups is 1. The summed E-state index contributed by atoms with van der Waals surface area (Å²) in [6, 6.07) is 7.26. The average molecular weight is 383 g/mol. The second-order valence-electron chi connectivity index (χ2n) is 4.49. The van der Waals surface area contributed by atoms with Gasteiger partial charge in [-0.3, -0.25) is 4.79 Å². The Morgan fingerprint density at radius 3 is 2.95 bits per heavy atom. The molecule has 0 aliphatic rings. The van der Waals surface area contributed by atoms with E-state index in [1.54, 1.807) is 19.1 Å². The lowest BCUT2D eigenvalue weighted by molar-refractivity contribution is -0.123. The van der Waals surface area contributed by atoms with E-state index in [1.165, 1.54) is 11.5 Å². The van der Waals surface area contributed by atoms with E-state index >= 15 is 0 Å². The first-order valence-electron chi connectivity index (χ1n) is 6.41. The molecule has 0 radical (unpaired) electrons. The van der Waals surface area contributed by atoms with Crippen molar-refractivity contribution in [3.05, 3.63) is 40.0 Å². The van der Waals surface area contributed by atoms with Crippen LogP contribution >= 0.6 is 27.5 Å². The second-order valence-corrected chi connectivity index (χ2v) is 6.21. The molecule has 0 atom stereocenters. The van der Waals surface area contributed by atoms with E-state index < -0.39 is 0 Å². The van der Waals surface area contributed by atoms with Gasteiger partial charge in [0.2, 0.25) is 0 Å². The lowest BCUT2D eigenvalue weighted by Gasteiger charge is -2.06. The largest absolute Gasteiger partial charge is 0.484 e. The Labute approximate surface area is 140 Å². The first-order chi connectivity index (χ1) is 10.5. The molecule has 1 amide bonds. The molecule has 2 rings (SSSR count). The molecule has 1 heterocycles. The lowest BCUT2D eigenvalue weighted by Crippen LogP contribution is -2.25. The summed E-state index contributed by atoms with van der Waals surface area (Å²) in [5.41, 5.74) is 10.4. The minimum Gasteiger partial charge on any atom is -0.484 e. The zero-order chi connectivity index (χ0) is 16.1. The maximum atomic E-state index is 11.7. The van der Waals surface area contributed by atoms with Crippen molar-refractivity contribution >= 4 is 44.1 Å². The van der Waals surface area contributed by atoms with Crippen LogP contribution in [0, 0.1) is 6.92 Å². The molecule has 0 unspecified atom stereocenters. The van der Waals surface area contributed by atoms with Gasteiger partial charge in [-0.15, -0.1) is 0 Å². The molecule has 0 aliphatic heterocycles. The summed E-state index contributed by atoms with van der Waals surface area (Å²) in [5, 5.41) is 4.61. The number of aromatic nitrogens is 1. The molecule has 22 heavy (non-hydrogen) atoms. The fraction of sp³-hybridized carbons (Fsp3) is 0.214. The van der Waals surface area contributed by atoms with Gasteiger partial charge < -0.3 is 10.5 Å². The molecule has 0 bridgehead atoms. The van der Waals surface area contributed by atoms with Gasteiger partial charge in [0.25, 0.3) is 5.91 Å². The Balaban J connectivity index is 1.91. The van der Waals surface area contributed by atoms with Crippen LogP contribution in [-0.4, -0.2) is 22.6 Å². The van der Waals surface area contributed by atoms with E-state index in [4.69, 9.17) is 10.5 Å². The van der Waals surface area contributed by atoms with Crippen LogP contribution in [0.2, 0.25) is 0 Å². The highest BCUT2D eigenvalue weighted by molar-refractivity contribution is 9.10. The Morgan fingerprint density at radius 2 is 2.32 bits per heavy atom. The van der Waals surface area contributed by atoms with Crippen molar-refractivity contribution in [3.8, 4) is 5.75 Å². The highest BCUT2D eigenvalue weighted by Gasteiger charge is 2.11. The van der Waals surface area contributed by atoms with E-state index in [0.717, 1.165) is 15.7 Å². The number of amides is 1. The van der Waals surface area contributed by atoms with Crippen LogP contribution in [0.15, 0.2) is 33.8 Å². The summed E-state index contributed by atoms with van der Waals surface area (Å²) >= 11 is 4.54. The molecule has 1 aromatic heterocycles. The molecule has 0 saturated carbocycles. The van der Waals surface area contributed by atoms with Crippen molar-refractivity contribution in [1.29, 1.82) is 0 Å². The first kappa shape index (κ1) is 16.4. The zero-order valence-corrected chi connectivity index (χ0v) is 14.5. The summed E-state index contributed by atoms with van der Waals surface area (Å²) in [5.74, 6) is 0.256. The number of carbonyl (C=O) groups excluding carboxylic acids is 1. The number of nitrogens with zero attached hydrogens (tertiary/aromatic N) is 2. The number of nitrogen functional groups attached to an aromatic ring is 1. The van der Waals surface area contributed by atoms with Crippen molar-refractivity contribution in [2.24, 2.45) is 5.10 Å². The number of nitrogens with one attached hydrogen (secondary N) is 1. The maximum absolute atomic E-state index is 11.7. The average Bonchev–Trinajstić information content (AvgIpc) is 2.82. The van der Waals surface area contributed by atoms with Crippen LogP contribution in [0.4, 0.5) is 5.00 Å². The number of hydrogen-bond donors (Lipinski definition) is 2. The van der Waals surface area contributed by atoms with E-state index in [0.29, 0.717) is 16.5 Å². The third kappa shape index (κ3) is 4.28. The summed E-state index contributed by atoms with van der Waals surface area (Å²) < 4.78 is 10.4. The third-order valence-corrected chi connectivity index (χ3v) is 4.02. The van der Waals surface area contributed by atoms with Gasteiger partial charge in [0.05, 0.1) is 17.0 Å². The summed E-state index contributed by atoms with van der Waals surface area (Å²) in [6.45, 7) is 3.49. The minimum absolute atomic E-state index is 0.121. The number of nitrogens with two attached hydrogens (primary N) is 1. The van der Waals surface area contributed by atoms with Crippen molar-refractivity contribution < 1.29 is 9.53 Å². The molecule has 6 nitrogen and oxygen atoms in total. The molecule has 0 aliphatic carbocycles. The molecular formula is C14H15BrN4O2S. The minimum atomic E-state index is -0.348. The van der Waals surface area contributed by atoms with Crippen LogP contribution < -0.4 is 15.9 Å². The number of ether oxygens (including phenoxy) is 1. The maximum Gasteiger partial charge on any atom is 0.277 e. The van der Waals surface area contributed by atoms with Crippen LogP contribution in [0.1, 0.15) is 18.2 Å². The Bertz CT molecular complexity index is 695. The van der Waals surface area contributed by atoms with E-state index in [1.807, 2.05) is 19.1 Å². The SMILES string of the molecule is C/C(=N/NC(=O)COc1cccc(Br)c1)c1c(C)nsc1N. The first-order valence-corrected chi connectivity index (χ1v) is 7.97. The van der Waals surface area contributed by atoms with Gasteiger partial charge in [0.15, 0.2) is 6.61 Å². The number of aryl methyl sites for hydroxylation is 1. The highest BCUT2D eigenvalue weighted by Crippen LogP contribution is 2.21. The second kappa shape index (κ2) is 7.37. The molecule has 0 spiro atoms. The van der Waals surface area contributed by atoms with Gasteiger partial charge in [-0.2, -0.15) is 9.47 Å². The number of benzene rings is 1. The van der Waals surface area contributed by atoms with E-state index in [2.05, 4.69) is 30.8 Å². The molecule has 1 aromatic carbocycles. The normalized spacial score (nSPS) is 11.3. The van der Waals surface area contributed by atoms with Crippen LogP contribution in [0.5, 0.6) is 5.75 Å². The summed E-state index contributed by atoms with van der Waals surface area (Å²) in [4.78, 5) is 11.7. The predicted octanol–water partition coefficient (Wildman–Crippen LogP) is 2.72. The van der Waals surface area contributed by atoms with E-state index in [-0.39, 0.29) is 12.5 Å². The Morgan fingerprint density at radius 1 is 1.55 bits per heavy atom. The van der Waals surface area contributed by atoms with Gasteiger partial charge in [0.1, 0.15) is 10.8 Å². The van der Waals surface area contributed by atoms with Crippen molar-refractivity contribution in [1.82, 2.24) is 9.80 Å². The Hall–Kier alpha value is -1.93. The van der Waals surface area contributed by atoms with Crippen molar-refractivity contribution in [3.63, 3.8) is 0 Å². The quantitative estimate of drug-likeness (QED) is 0.614. The molecule has 3 N–H and O–H groups in total. The summed E-state index contributed by atoms with van der Waals surface area (Å²) in [6.07, 6.45) is 0. The fourth-order valence-corrected chi connectivity index (χ4v) is 2.86. The fourth-order valence-electron chi connectivity index (χ4n) is 1.77. The topological polar surface area (TPSA) is 89.6 Å². The molecule has 8 heteroatoms. The Kier molecular flexibility index (Phi) is 5.51.